The summed E-state index contributed by atoms with van der Waals surface area (Å²) >= 11 is 0. The van der Waals surface area contributed by atoms with Crippen LogP contribution >= 0.6 is 0 Å². The summed E-state index contributed by atoms with van der Waals surface area (Å²) in [5.74, 6) is 0.763. The van der Waals surface area contributed by atoms with Crippen LogP contribution in [0.1, 0.15) is 31.2 Å². The topological polar surface area (TPSA) is 17.1 Å². The molecule has 2 aromatic rings. The first-order chi connectivity index (χ1) is 8.83. The number of benzene rings is 2. The zero-order valence-electron chi connectivity index (χ0n) is 10.6. The molecular formula is C17H18O. The highest BCUT2D eigenvalue weighted by atomic mass is 16.1. The van der Waals surface area contributed by atoms with Crippen molar-refractivity contribution in [2.24, 2.45) is 5.92 Å². The third-order valence-corrected chi connectivity index (χ3v) is 4.00. The third kappa shape index (κ3) is 2.31. The Labute approximate surface area is 108 Å². The average molecular weight is 238 g/mol. The van der Waals surface area contributed by atoms with E-state index in [-0.39, 0.29) is 0 Å². The number of hydrogen-bond donors (Lipinski definition) is 0. The van der Waals surface area contributed by atoms with E-state index in [1.807, 2.05) is 12.1 Å². The Bertz CT molecular complexity index is 565. The molecule has 2 aromatic carbocycles. The van der Waals surface area contributed by atoms with Gasteiger partial charge in [-0.25, -0.2) is 0 Å². The van der Waals surface area contributed by atoms with Crippen molar-refractivity contribution in [3.63, 3.8) is 0 Å². The summed E-state index contributed by atoms with van der Waals surface area (Å²) in [5.41, 5.74) is 1.16. The van der Waals surface area contributed by atoms with Gasteiger partial charge in [0, 0.05) is 12.3 Å². The van der Waals surface area contributed by atoms with Gasteiger partial charge in [-0.2, -0.15) is 0 Å². The number of carbonyl (C=O) groups excluding carboxylic acids is 1. The maximum Gasteiger partial charge on any atom is 0.140 e. The van der Waals surface area contributed by atoms with E-state index < -0.39 is 0 Å². The molecule has 1 saturated carbocycles. The van der Waals surface area contributed by atoms with E-state index in [0.717, 1.165) is 18.4 Å². The maximum absolute atomic E-state index is 12.2. The molecule has 0 spiro atoms. The van der Waals surface area contributed by atoms with Crippen LogP contribution in [0.5, 0.6) is 0 Å². The summed E-state index contributed by atoms with van der Waals surface area (Å²) in [7, 11) is 0. The van der Waals surface area contributed by atoms with Crippen molar-refractivity contribution in [1.82, 2.24) is 0 Å². The minimum atomic E-state index is 0.330. The van der Waals surface area contributed by atoms with E-state index in [9.17, 15) is 4.79 Å². The predicted octanol–water partition coefficient (Wildman–Crippen LogP) is 4.14. The second-order valence-corrected chi connectivity index (χ2v) is 5.31. The Kier molecular flexibility index (Phi) is 3.14. The number of fused-ring (bicyclic) bond motifs is 1. The molecule has 3 rings (SSSR count). The van der Waals surface area contributed by atoms with Gasteiger partial charge in [0.05, 0.1) is 0 Å². The lowest BCUT2D eigenvalue weighted by Gasteiger charge is -2.08. The summed E-state index contributed by atoms with van der Waals surface area (Å²) in [6.45, 7) is 0. The Balaban J connectivity index is 1.79. The van der Waals surface area contributed by atoms with Gasteiger partial charge in [-0.15, -0.1) is 0 Å². The van der Waals surface area contributed by atoms with Crippen molar-refractivity contribution in [2.75, 3.05) is 0 Å². The first-order valence-electron chi connectivity index (χ1n) is 6.83. The van der Waals surface area contributed by atoms with Crippen molar-refractivity contribution >= 4 is 16.6 Å². The Morgan fingerprint density at radius 2 is 1.72 bits per heavy atom. The van der Waals surface area contributed by atoms with Crippen LogP contribution in [0.4, 0.5) is 0 Å². The van der Waals surface area contributed by atoms with Crippen LogP contribution in [0.15, 0.2) is 42.5 Å². The van der Waals surface area contributed by atoms with E-state index in [1.165, 1.54) is 23.6 Å². The molecule has 0 aliphatic heterocycles. The lowest BCUT2D eigenvalue weighted by molar-refractivity contribution is -0.122. The monoisotopic (exact) mass is 238 g/mol. The highest BCUT2D eigenvalue weighted by Crippen LogP contribution is 2.27. The zero-order chi connectivity index (χ0) is 12.4. The van der Waals surface area contributed by atoms with Gasteiger partial charge in [0.25, 0.3) is 0 Å². The lowest BCUT2D eigenvalue weighted by Crippen LogP contribution is -2.13. The summed E-state index contributed by atoms with van der Waals surface area (Å²) < 4.78 is 0. The lowest BCUT2D eigenvalue weighted by atomic mass is 9.95. The van der Waals surface area contributed by atoms with E-state index in [0.29, 0.717) is 18.1 Å². The number of carbonyl (C=O) groups is 1. The molecule has 1 heteroatoms. The molecule has 0 amide bonds. The minimum absolute atomic E-state index is 0.330. The van der Waals surface area contributed by atoms with E-state index in [1.54, 1.807) is 0 Å². The van der Waals surface area contributed by atoms with Crippen molar-refractivity contribution in [2.45, 2.75) is 32.1 Å². The molecular weight excluding hydrogens is 220 g/mol. The Morgan fingerprint density at radius 3 is 2.50 bits per heavy atom. The van der Waals surface area contributed by atoms with Crippen LogP contribution in [-0.4, -0.2) is 5.78 Å². The third-order valence-electron chi connectivity index (χ3n) is 4.00. The van der Waals surface area contributed by atoms with Crippen LogP contribution < -0.4 is 0 Å². The van der Waals surface area contributed by atoms with Crippen LogP contribution in [0.25, 0.3) is 10.8 Å². The smallest absolute Gasteiger partial charge is 0.140 e. The molecule has 0 unspecified atom stereocenters. The fourth-order valence-electron chi connectivity index (χ4n) is 2.94. The van der Waals surface area contributed by atoms with Crippen molar-refractivity contribution in [1.29, 1.82) is 0 Å². The fourth-order valence-corrected chi connectivity index (χ4v) is 2.94. The van der Waals surface area contributed by atoms with Crippen molar-refractivity contribution in [3.05, 3.63) is 48.0 Å². The molecule has 1 aliphatic rings. The fraction of sp³-hybridized carbons (Fsp3) is 0.353. The van der Waals surface area contributed by atoms with E-state index in [4.69, 9.17) is 0 Å². The quantitative estimate of drug-likeness (QED) is 0.785. The molecule has 0 heterocycles. The summed E-state index contributed by atoms with van der Waals surface area (Å²) in [6.07, 6.45) is 5.27. The predicted molar refractivity (Wildman–Crippen MR) is 74.6 cm³/mol. The molecule has 1 nitrogen and oxygen atoms in total. The summed E-state index contributed by atoms with van der Waals surface area (Å²) in [4.78, 5) is 12.2. The maximum atomic E-state index is 12.2. The number of ketones is 1. The molecule has 0 N–H and O–H groups in total. The first kappa shape index (κ1) is 11.5. The highest BCUT2D eigenvalue weighted by Gasteiger charge is 2.22. The molecule has 0 saturated heterocycles. The molecule has 0 radical (unpaired) electrons. The molecule has 0 atom stereocenters. The molecule has 0 aromatic heterocycles. The van der Waals surface area contributed by atoms with Gasteiger partial charge in [0.1, 0.15) is 5.78 Å². The second-order valence-electron chi connectivity index (χ2n) is 5.31. The van der Waals surface area contributed by atoms with E-state index >= 15 is 0 Å². The Hall–Kier alpha value is -1.63. The second kappa shape index (κ2) is 4.93. The van der Waals surface area contributed by atoms with Gasteiger partial charge in [0.2, 0.25) is 0 Å². The van der Waals surface area contributed by atoms with Crippen molar-refractivity contribution in [3.8, 4) is 0 Å². The van der Waals surface area contributed by atoms with Gasteiger partial charge in [-0.05, 0) is 29.2 Å². The van der Waals surface area contributed by atoms with Gasteiger partial charge in [0.15, 0.2) is 0 Å². The van der Waals surface area contributed by atoms with Crippen LogP contribution in [0.2, 0.25) is 0 Å². The van der Waals surface area contributed by atoms with Gasteiger partial charge >= 0.3 is 0 Å². The van der Waals surface area contributed by atoms with Crippen molar-refractivity contribution < 1.29 is 4.79 Å². The summed E-state index contributed by atoms with van der Waals surface area (Å²) in [5, 5.41) is 2.48. The molecule has 1 aliphatic carbocycles. The SMILES string of the molecule is O=C(Cc1ccc2ccccc2c1)C1CCCC1. The highest BCUT2D eigenvalue weighted by molar-refractivity contribution is 5.87. The van der Waals surface area contributed by atoms with Crippen LogP contribution in [0.3, 0.4) is 0 Å². The number of hydrogen-bond acceptors (Lipinski definition) is 1. The molecule has 0 bridgehead atoms. The number of Topliss-reactive ketones (excluding diaryl/α,β-unsaturated/α-hetero) is 1. The van der Waals surface area contributed by atoms with E-state index in [2.05, 4.69) is 30.3 Å². The Morgan fingerprint density at radius 1 is 1.00 bits per heavy atom. The first-order valence-corrected chi connectivity index (χ1v) is 6.83. The minimum Gasteiger partial charge on any atom is -0.299 e. The molecule has 92 valence electrons. The zero-order valence-corrected chi connectivity index (χ0v) is 10.6. The number of rotatable bonds is 3. The standard InChI is InChI=1S/C17H18O/c18-17(15-6-2-3-7-15)12-13-9-10-14-5-1-4-8-16(14)11-13/h1,4-5,8-11,15H,2-3,6-7,12H2. The van der Waals surface area contributed by atoms with Gasteiger partial charge in [-0.1, -0.05) is 55.3 Å². The largest absolute Gasteiger partial charge is 0.299 e. The van der Waals surface area contributed by atoms with Gasteiger partial charge < -0.3 is 0 Å². The van der Waals surface area contributed by atoms with Crippen LogP contribution in [-0.2, 0) is 11.2 Å². The average Bonchev–Trinajstić information content (AvgIpc) is 2.92. The molecule has 1 fully saturated rings. The molecule has 18 heavy (non-hydrogen) atoms. The van der Waals surface area contributed by atoms with Crippen LogP contribution in [0, 0.1) is 5.92 Å². The summed E-state index contributed by atoms with van der Waals surface area (Å²) in [6, 6.07) is 14.7. The van der Waals surface area contributed by atoms with Gasteiger partial charge in [-0.3, -0.25) is 4.79 Å². The normalized spacial score (nSPS) is 16.2.